The summed E-state index contributed by atoms with van der Waals surface area (Å²) in [5.74, 6) is -1.00. The van der Waals surface area contributed by atoms with Gasteiger partial charge in [-0.25, -0.2) is 0 Å². The van der Waals surface area contributed by atoms with Gasteiger partial charge >= 0.3 is 5.97 Å². The molecule has 2 rings (SSSR count). The standard InChI is InChI=1S/C15H17BrN2O4/c1-22-14(20)9-12-15(21)17-6-7-18(12)13(19)8-10-2-4-11(16)5-3-10/h2-5,12H,6-9H2,1H3,(H,17,21)/t12-/m1/s1. The molecule has 1 aliphatic heterocycles. The number of nitrogens with zero attached hydrogens (tertiary/aromatic N) is 1. The molecule has 1 aliphatic rings. The van der Waals surface area contributed by atoms with E-state index in [-0.39, 0.29) is 24.7 Å². The molecule has 118 valence electrons. The average molecular weight is 369 g/mol. The largest absolute Gasteiger partial charge is 0.469 e. The third-order valence-corrected chi connectivity index (χ3v) is 4.04. The number of hydrogen-bond acceptors (Lipinski definition) is 4. The van der Waals surface area contributed by atoms with Gasteiger partial charge in [0.25, 0.3) is 0 Å². The Morgan fingerprint density at radius 3 is 2.68 bits per heavy atom. The number of rotatable bonds is 4. The average Bonchev–Trinajstić information content (AvgIpc) is 2.51. The second-order valence-electron chi connectivity index (χ2n) is 4.98. The number of carbonyl (C=O) groups is 3. The van der Waals surface area contributed by atoms with Crippen LogP contribution >= 0.6 is 15.9 Å². The summed E-state index contributed by atoms with van der Waals surface area (Å²) < 4.78 is 5.53. The molecule has 6 nitrogen and oxygen atoms in total. The number of benzene rings is 1. The van der Waals surface area contributed by atoms with E-state index in [4.69, 9.17) is 0 Å². The summed E-state index contributed by atoms with van der Waals surface area (Å²) in [6, 6.07) is 6.61. The van der Waals surface area contributed by atoms with E-state index < -0.39 is 12.0 Å². The van der Waals surface area contributed by atoms with E-state index in [2.05, 4.69) is 26.0 Å². The molecule has 1 atom stereocenters. The van der Waals surface area contributed by atoms with Crippen molar-refractivity contribution in [3.05, 3.63) is 34.3 Å². The van der Waals surface area contributed by atoms with E-state index in [0.29, 0.717) is 13.1 Å². The lowest BCUT2D eigenvalue weighted by atomic mass is 10.1. The van der Waals surface area contributed by atoms with E-state index >= 15 is 0 Å². The summed E-state index contributed by atoms with van der Waals surface area (Å²) in [7, 11) is 1.26. The Kier molecular flexibility index (Phi) is 5.54. The number of halogens is 1. The maximum atomic E-state index is 12.5. The van der Waals surface area contributed by atoms with Crippen LogP contribution < -0.4 is 5.32 Å². The second-order valence-corrected chi connectivity index (χ2v) is 5.89. The molecule has 0 radical (unpaired) electrons. The van der Waals surface area contributed by atoms with E-state index in [1.54, 1.807) is 0 Å². The summed E-state index contributed by atoms with van der Waals surface area (Å²) >= 11 is 3.34. The highest BCUT2D eigenvalue weighted by Crippen LogP contribution is 2.15. The van der Waals surface area contributed by atoms with Crippen LogP contribution in [0.2, 0.25) is 0 Å². The predicted octanol–water partition coefficient (Wildman–Crippen LogP) is 0.882. The van der Waals surface area contributed by atoms with Crippen molar-refractivity contribution < 1.29 is 19.1 Å². The molecule has 0 aromatic heterocycles. The number of carbonyl (C=O) groups excluding carboxylic acids is 3. The van der Waals surface area contributed by atoms with E-state index in [1.807, 2.05) is 24.3 Å². The first-order valence-corrected chi connectivity index (χ1v) is 7.69. The highest BCUT2D eigenvalue weighted by atomic mass is 79.9. The van der Waals surface area contributed by atoms with Crippen LogP contribution in [0.25, 0.3) is 0 Å². The highest BCUT2D eigenvalue weighted by Gasteiger charge is 2.34. The summed E-state index contributed by atoms with van der Waals surface area (Å²) in [5.41, 5.74) is 0.857. The van der Waals surface area contributed by atoms with Gasteiger partial charge in [0.1, 0.15) is 6.04 Å². The minimum Gasteiger partial charge on any atom is -0.469 e. The molecule has 1 aromatic rings. The predicted molar refractivity (Wildman–Crippen MR) is 83.0 cm³/mol. The SMILES string of the molecule is COC(=O)C[C@@H]1C(=O)NCCN1C(=O)Cc1ccc(Br)cc1. The lowest BCUT2D eigenvalue weighted by Crippen LogP contribution is -2.58. The molecule has 0 saturated carbocycles. The van der Waals surface area contributed by atoms with Crippen molar-refractivity contribution in [3.8, 4) is 0 Å². The highest BCUT2D eigenvalue weighted by molar-refractivity contribution is 9.10. The first-order valence-electron chi connectivity index (χ1n) is 6.89. The van der Waals surface area contributed by atoms with Crippen molar-refractivity contribution >= 4 is 33.7 Å². The van der Waals surface area contributed by atoms with Crippen LogP contribution in [0.1, 0.15) is 12.0 Å². The zero-order valence-corrected chi connectivity index (χ0v) is 13.8. The minimum absolute atomic E-state index is 0.131. The van der Waals surface area contributed by atoms with Crippen LogP contribution in [0.3, 0.4) is 0 Å². The van der Waals surface area contributed by atoms with Crippen molar-refractivity contribution in [1.29, 1.82) is 0 Å². The third-order valence-electron chi connectivity index (χ3n) is 3.51. The lowest BCUT2D eigenvalue weighted by molar-refractivity contribution is -0.150. The van der Waals surface area contributed by atoms with Gasteiger partial charge in [-0.2, -0.15) is 0 Å². The molecule has 1 N–H and O–H groups in total. The molecule has 0 unspecified atom stereocenters. The van der Waals surface area contributed by atoms with Crippen molar-refractivity contribution in [1.82, 2.24) is 10.2 Å². The molecular weight excluding hydrogens is 352 g/mol. The van der Waals surface area contributed by atoms with Gasteiger partial charge in [0.2, 0.25) is 11.8 Å². The lowest BCUT2D eigenvalue weighted by Gasteiger charge is -2.34. The normalized spacial score (nSPS) is 17.8. The summed E-state index contributed by atoms with van der Waals surface area (Å²) in [5, 5.41) is 2.67. The zero-order valence-electron chi connectivity index (χ0n) is 12.2. The van der Waals surface area contributed by atoms with Gasteiger partial charge in [0, 0.05) is 17.6 Å². The molecule has 1 saturated heterocycles. The van der Waals surface area contributed by atoms with Gasteiger partial charge in [-0.05, 0) is 17.7 Å². The number of ether oxygens (including phenoxy) is 1. The van der Waals surface area contributed by atoms with Crippen molar-refractivity contribution in [2.75, 3.05) is 20.2 Å². The van der Waals surface area contributed by atoms with Crippen molar-refractivity contribution in [2.45, 2.75) is 18.9 Å². The van der Waals surface area contributed by atoms with Crippen LogP contribution in [-0.4, -0.2) is 48.9 Å². The van der Waals surface area contributed by atoms with E-state index in [9.17, 15) is 14.4 Å². The molecule has 2 amide bonds. The Bertz CT molecular complexity index is 573. The monoisotopic (exact) mass is 368 g/mol. The fourth-order valence-corrected chi connectivity index (χ4v) is 2.60. The van der Waals surface area contributed by atoms with Crippen molar-refractivity contribution in [3.63, 3.8) is 0 Å². The summed E-state index contributed by atoms with van der Waals surface area (Å²) in [6.07, 6.45) is 0.0621. The quantitative estimate of drug-likeness (QED) is 0.800. The molecular formula is C15H17BrN2O4. The van der Waals surface area contributed by atoms with E-state index in [0.717, 1.165) is 10.0 Å². The molecule has 0 spiro atoms. The first kappa shape index (κ1) is 16.5. The minimum atomic E-state index is -0.802. The molecule has 1 aromatic carbocycles. The molecule has 1 fully saturated rings. The fraction of sp³-hybridized carbons (Fsp3) is 0.400. The van der Waals surface area contributed by atoms with Gasteiger partial charge in [-0.15, -0.1) is 0 Å². The molecule has 1 heterocycles. The Balaban J connectivity index is 2.09. The van der Waals surface area contributed by atoms with Gasteiger partial charge in [0.05, 0.1) is 20.0 Å². The Morgan fingerprint density at radius 1 is 1.36 bits per heavy atom. The molecule has 0 bridgehead atoms. The van der Waals surface area contributed by atoms with Crippen LogP contribution in [-0.2, 0) is 25.5 Å². The smallest absolute Gasteiger partial charge is 0.308 e. The third kappa shape index (κ3) is 4.07. The number of nitrogens with one attached hydrogen (secondary N) is 1. The van der Waals surface area contributed by atoms with Crippen LogP contribution in [0.5, 0.6) is 0 Å². The Labute approximate surface area is 136 Å². The van der Waals surface area contributed by atoms with Crippen LogP contribution in [0.15, 0.2) is 28.7 Å². The van der Waals surface area contributed by atoms with Gasteiger partial charge in [0.15, 0.2) is 0 Å². The maximum Gasteiger partial charge on any atom is 0.308 e. The maximum absolute atomic E-state index is 12.5. The first-order chi connectivity index (χ1) is 10.5. The molecule has 22 heavy (non-hydrogen) atoms. The number of amides is 2. The Hall–Kier alpha value is -1.89. The molecule has 0 aliphatic carbocycles. The number of hydrogen-bond donors (Lipinski definition) is 1. The summed E-state index contributed by atoms with van der Waals surface area (Å²) in [4.78, 5) is 37.3. The van der Waals surface area contributed by atoms with Gasteiger partial charge in [-0.3, -0.25) is 14.4 Å². The zero-order chi connectivity index (χ0) is 16.1. The van der Waals surface area contributed by atoms with Crippen molar-refractivity contribution in [2.24, 2.45) is 0 Å². The summed E-state index contributed by atoms with van der Waals surface area (Å²) in [6.45, 7) is 0.783. The number of methoxy groups -OCH3 is 1. The topological polar surface area (TPSA) is 75.7 Å². The molecule has 7 heteroatoms. The Morgan fingerprint density at radius 2 is 2.05 bits per heavy atom. The second kappa shape index (κ2) is 7.40. The van der Waals surface area contributed by atoms with Crippen LogP contribution in [0.4, 0.5) is 0 Å². The van der Waals surface area contributed by atoms with Crippen LogP contribution in [0, 0.1) is 0 Å². The number of piperazine rings is 1. The van der Waals surface area contributed by atoms with Gasteiger partial charge in [-0.1, -0.05) is 28.1 Å². The van der Waals surface area contributed by atoms with Gasteiger partial charge < -0.3 is 15.0 Å². The van der Waals surface area contributed by atoms with E-state index in [1.165, 1.54) is 12.0 Å². The fourth-order valence-electron chi connectivity index (χ4n) is 2.34. The number of esters is 1.